The molecule has 8 heteroatoms. The van der Waals surface area contributed by atoms with Crippen LogP contribution < -0.4 is 10.6 Å². The minimum Gasteiger partial charge on any atom is -0.436 e. The minimum atomic E-state index is 0.0175. The first-order valence-corrected chi connectivity index (χ1v) is 13.0. The summed E-state index contributed by atoms with van der Waals surface area (Å²) in [6.45, 7) is 0. The summed E-state index contributed by atoms with van der Waals surface area (Å²) >= 11 is 17.6. The summed E-state index contributed by atoms with van der Waals surface area (Å²) < 4.78 is 5.86. The van der Waals surface area contributed by atoms with Crippen LogP contribution in [0.2, 0.25) is 10.0 Å². The quantitative estimate of drug-likeness (QED) is 0.360. The molecule has 4 aliphatic carbocycles. The number of carbonyl (C=O) groups excluding carboxylic acids is 1. The Morgan fingerprint density at radius 2 is 1.74 bits per heavy atom. The minimum absolute atomic E-state index is 0.0175. The largest absolute Gasteiger partial charge is 0.436 e. The molecule has 0 saturated heterocycles. The smallest absolute Gasteiger partial charge is 0.227 e. The van der Waals surface area contributed by atoms with Gasteiger partial charge < -0.3 is 15.1 Å². The number of thiocarbonyl (C=S) groups is 1. The van der Waals surface area contributed by atoms with Crippen molar-refractivity contribution in [1.82, 2.24) is 10.3 Å². The van der Waals surface area contributed by atoms with Gasteiger partial charge in [-0.15, -0.1) is 0 Å². The van der Waals surface area contributed by atoms with Crippen LogP contribution in [-0.2, 0) is 4.79 Å². The van der Waals surface area contributed by atoms with Crippen molar-refractivity contribution in [1.29, 1.82) is 0 Å². The Labute approximate surface area is 213 Å². The number of oxazole rings is 1. The molecular formula is C26H25Cl2N3O2S. The van der Waals surface area contributed by atoms with E-state index < -0.39 is 0 Å². The number of anilines is 1. The fourth-order valence-electron chi connectivity index (χ4n) is 6.94. The van der Waals surface area contributed by atoms with Crippen LogP contribution in [0.4, 0.5) is 5.69 Å². The Hall–Kier alpha value is -2.15. The summed E-state index contributed by atoms with van der Waals surface area (Å²) in [5.74, 6) is 2.95. The Morgan fingerprint density at radius 1 is 1.03 bits per heavy atom. The monoisotopic (exact) mass is 513 g/mol. The van der Waals surface area contributed by atoms with Gasteiger partial charge >= 0.3 is 0 Å². The highest BCUT2D eigenvalue weighted by molar-refractivity contribution is 7.80. The van der Waals surface area contributed by atoms with Crippen molar-refractivity contribution >= 4 is 63.2 Å². The van der Waals surface area contributed by atoms with Gasteiger partial charge in [-0.1, -0.05) is 23.2 Å². The fraction of sp³-hybridized carbons (Fsp3) is 0.423. The number of nitrogens with zero attached hydrogens (tertiary/aromatic N) is 1. The highest BCUT2D eigenvalue weighted by Crippen LogP contribution is 2.61. The summed E-state index contributed by atoms with van der Waals surface area (Å²) in [5, 5.41) is 7.25. The van der Waals surface area contributed by atoms with E-state index in [2.05, 4.69) is 15.6 Å². The van der Waals surface area contributed by atoms with Gasteiger partial charge in [0.1, 0.15) is 5.52 Å². The number of benzene rings is 2. The summed E-state index contributed by atoms with van der Waals surface area (Å²) in [5.41, 5.74) is 2.99. The third-order valence-electron chi connectivity index (χ3n) is 7.77. The lowest BCUT2D eigenvalue weighted by atomic mass is 9.49. The molecule has 4 bridgehead atoms. The normalized spacial score (nSPS) is 27.2. The third-order valence-corrected chi connectivity index (χ3v) is 8.71. The van der Waals surface area contributed by atoms with E-state index in [4.69, 9.17) is 39.8 Å². The number of amides is 1. The van der Waals surface area contributed by atoms with Crippen LogP contribution >= 0.6 is 35.4 Å². The van der Waals surface area contributed by atoms with Crippen molar-refractivity contribution in [3.63, 3.8) is 0 Å². The molecule has 0 unspecified atom stereocenters. The number of fused-ring (bicyclic) bond motifs is 1. The summed E-state index contributed by atoms with van der Waals surface area (Å²) in [6.07, 6.45) is 8.31. The zero-order chi connectivity index (χ0) is 23.4. The third kappa shape index (κ3) is 4.32. The molecular weight excluding hydrogens is 489 g/mol. The second-order valence-electron chi connectivity index (χ2n) is 10.4. The second-order valence-corrected chi connectivity index (χ2v) is 11.6. The molecule has 176 valence electrons. The van der Waals surface area contributed by atoms with Crippen LogP contribution in [0.3, 0.4) is 0 Å². The van der Waals surface area contributed by atoms with E-state index in [1.54, 1.807) is 12.1 Å². The summed E-state index contributed by atoms with van der Waals surface area (Å²) in [4.78, 5) is 17.4. The number of carbonyl (C=O) groups is 1. The molecule has 5 nitrogen and oxygen atoms in total. The Morgan fingerprint density at radius 3 is 2.41 bits per heavy atom. The van der Waals surface area contributed by atoms with Gasteiger partial charge in [0.05, 0.1) is 10.0 Å². The van der Waals surface area contributed by atoms with E-state index in [1.165, 1.54) is 38.5 Å². The lowest BCUT2D eigenvalue weighted by Gasteiger charge is -2.56. The van der Waals surface area contributed by atoms with Crippen LogP contribution in [-0.4, -0.2) is 16.0 Å². The van der Waals surface area contributed by atoms with Crippen molar-refractivity contribution in [2.24, 2.45) is 23.2 Å². The van der Waals surface area contributed by atoms with Crippen LogP contribution in [0.5, 0.6) is 0 Å². The number of nitrogens with one attached hydrogen (secondary N) is 2. The first-order chi connectivity index (χ1) is 16.3. The highest BCUT2D eigenvalue weighted by atomic mass is 35.5. The van der Waals surface area contributed by atoms with E-state index in [1.807, 2.05) is 24.3 Å². The summed E-state index contributed by atoms with van der Waals surface area (Å²) in [7, 11) is 0. The molecule has 1 amide bonds. The lowest BCUT2D eigenvalue weighted by molar-refractivity contribution is -0.127. The van der Waals surface area contributed by atoms with Gasteiger partial charge in [-0.25, -0.2) is 4.98 Å². The van der Waals surface area contributed by atoms with Crippen LogP contribution in [0.15, 0.2) is 40.8 Å². The molecule has 4 saturated carbocycles. The number of hydrogen-bond acceptors (Lipinski definition) is 4. The highest BCUT2D eigenvalue weighted by Gasteiger charge is 2.51. The van der Waals surface area contributed by atoms with Crippen molar-refractivity contribution in [2.45, 2.75) is 44.9 Å². The molecule has 0 atom stereocenters. The molecule has 2 aromatic carbocycles. The maximum atomic E-state index is 12.9. The van der Waals surface area contributed by atoms with Crippen LogP contribution in [0.1, 0.15) is 44.9 Å². The zero-order valence-corrected chi connectivity index (χ0v) is 20.9. The van der Waals surface area contributed by atoms with Gasteiger partial charge in [0, 0.05) is 17.7 Å². The molecule has 0 aliphatic heterocycles. The zero-order valence-electron chi connectivity index (χ0n) is 18.6. The van der Waals surface area contributed by atoms with E-state index in [0.717, 1.165) is 29.0 Å². The van der Waals surface area contributed by atoms with Gasteiger partial charge in [0.2, 0.25) is 11.8 Å². The fourth-order valence-corrected chi connectivity index (χ4v) is 7.47. The SMILES string of the molecule is O=C(CC12CC3CC(CC(C3)C1)C2)NC(=S)Nc1ccc2oc(-c3ccc(Cl)c(Cl)c3)nc2c1. The van der Waals surface area contributed by atoms with E-state index in [-0.39, 0.29) is 11.3 Å². The van der Waals surface area contributed by atoms with Crippen LogP contribution in [0.25, 0.3) is 22.6 Å². The lowest BCUT2D eigenvalue weighted by Crippen LogP contribution is -2.48. The molecule has 7 rings (SSSR count). The maximum Gasteiger partial charge on any atom is 0.227 e. The van der Waals surface area contributed by atoms with Gasteiger partial charge in [-0.05, 0) is 110 Å². The predicted molar refractivity (Wildman–Crippen MR) is 139 cm³/mol. The molecule has 2 N–H and O–H groups in total. The van der Waals surface area contributed by atoms with Crippen molar-refractivity contribution in [3.05, 3.63) is 46.4 Å². The first kappa shape index (κ1) is 22.3. The van der Waals surface area contributed by atoms with E-state index >= 15 is 0 Å². The first-order valence-electron chi connectivity index (χ1n) is 11.8. The molecule has 0 spiro atoms. The van der Waals surface area contributed by atoms with Crippen molar-refractivity contribution in [2.75, 3.05) is 5.32 Å². The topological polar surface area (TPSA) is 67.2 Å². The van der Waals surface area contributed by atoms with Gasteiger partial charge in [-0.2, -0.15) is 0 Å². The molecule has 4 aliphatic rings. The van der Waals surface area contributed by atoms with E-state index in [9.17, 15) is 4.79 Å². The van der Waals surface area contributed by atoms with E-state index in [0.29, 0.717) is 38.6 Å². The molecule has 4 fully saturated rings. The average molecular weight is 514 g/mol. The number of hydrogen-bond donors (Lipinski definition) is 2. The second kappa shape index (κ2) is 8.51. The van der Waals surface area contributed by atoms with Gasteiger partial charge in [-0.3, -0.25) is 4.79 Å². The van der Waals surface area contributed by atoms with Gasteiger partial charge in [0.15, 0.2) is 10.7 Å². The standard InChI is InChI=1S/C26H25Cl2N3O2S/c27-19-3-1-17(8-20(19)28)24-30-21-9-18(2-4-22(21)33-24)29-25(34)31-23(32)13-26-10-14-5-15(11-26)7-16(6-14)12-26/h1-4,8-9,14-16H,5-7,10-13H2,(H2,29,31,32,34). The molecule has 1 aromatic heterocycles. The average Bonchev–Trinajstić information content (AvgIpc) is 3.17. The molecule has 3 aromatic rings. The number of aromatic nitrogens is 1. The molecule has 1 heterocycles. The maximum absolute atomic E-state index is 12.9. The Kier molecular flexibility index (Phi) is 5.58. The number of halogens is 2. The van der Waals surface area contributed by atoms with Crippen LogP contribution in [0, 0.1) is 23.2 Å². The predicted octanol–water partition coefficient (Wildman–Crippen LogP) is 7.22. The van der Waals surface area contributed by atoms with Gasteiger partial charge in [0.25, 0.3) is 0 Å². The molecule has 0 radical (unpaired) electrons. The number of rotatable bonds is 4. The Balaban J connectivity index is 1.11. The van der Waals surface area contributed by atoms with Crippen molar-refractivity contribution < 1.29 is 9.21 Å². The van der Waals surface area contributed by atoms with Crippen molar-refractivity contribution in [3.8, 4) is 11.5 Å². The molecule has 34 heavy (non-hydrogen) atoms. The summed E-state index contributed by atoms with van der Waals surface area (Å²) in [6, 6.07) is 10.8. The Bertz CT molecular complexity index is 1270.